The zero-order chi connectivity index (χ0) is 28.3. The summed E-state index contributed by atoms with van der Waals surface area (Å²) in [5, 5.41) is 6.80. The van der Waals surface area contributed by atoms with Crippen molar-refractivity contribution in [2.45, 2.75) is 0 Å². The van der Waals surface area contributed by atoms with E-state index in [9.17, 15) is 0 Å². The molecule has 0 saturated carbocycles. The molecule has 0 fully saturated rings. The van der Waals surface area contributed by atoms with Crippen molar-refractivity contribution in [2.24, 2.45) is 0 Å². The lowest BCUT2D eigenvalue weighted by atomic mass is 10.0. The van der Waals surface area contributed by atoms with Crippen molar-refractivity contribution >= 4 is 71.7 Å². The lowest BCUT2D eigenvalue weighted by molar-refractivity contribution is 0.668. The van der Waals surface area contributed by atoms with Crippen LogP contribution in [-0.4, -0.2) is 0 Å². The molecule has 2 aromatic heterocycles. The number of hydrogen-bond donors (Lipinski definition) is 0. The topological polar surface area (TPSA) is 29.5 Å². The quantitative estimate of drug-likeness (QED) is 0.218. The first kappa shape index (κ1) is 23.9. The fourth-order valence-corrected chi connectivity index (χ4v) is 6.40. The number of furan rings is 2. The molecule has 0 atom stereocenters. The summed E-state index contributed by atoms with van der Waals surface area (Å²) in [5.74, 6) is 0. The van der Waals surface area contributed by atoms with Gasteiger partial charge in [0.15, 0.2) is 0 Å². The van der Waals surface area contributed by atoms with Crippen LogP contribution in [0.25, 0.3) is 65.8 Å². The number of fused-ring (bicyclic) bond motifs is 7. The summed E-state index contributed by atoms with van der Waals surface area (Å²) in [6, 6.07) is 53.2. The van der Waals surface area contributed by atoms with Crippen LogP contribution in [0.1, 0.15) is 0 Å². The molecule has 9 aromatic rings. The molecule has 0 aliphatic heterocycles. The molecule has 202 valence electrons. The van der Waals surface area contributed by atoms with Gasteiger partial charge in [-0.3, -0.25) is 0 Å². The van der Waals surface area contributed by atoms with Gasteiger partial charge >= 0.3 is 0 Å². The number of para-hydroxylation sites is 2. The highest BCUT2D eigenvalue weighted by Gasteiger charge is 2.20. The summed E-state index contributed by atoms with van der Waals surface area (Å²) >= 11 is 0. The van der Waals surface area contributed by atoms with Crippen molar-refractivity contribution in [3.63, 3.8) is 0 Å². The maximum Gasteiger partial charge on any atom is 0.137 e. The monoisotopic (exact) mass is 551 g/mol. The third-order valence-corrected chi connectivity index (χ3v) is 8.43. The smallest absolute Gasteiger partial charge is 0.137 e. The second-order valence-electron chi connectivity index (χ2n) is 11.0. The van der Waals surface area contributed by atoms with Crippen LogP contribution < -0.4 is 4.90 Å². The molecule has 7 aromatic carbocycles. The van der Waals surface area contributed by atoms with E-state index in [1.807, 2.05) is 12.1 Å². The predicted molar refractivity (Wildman–Crippen MR) is 179 cm³/mol. The Labute approximate surface area is 247 Å². The summed E-state index contributed by atoms with van der Waals surface area (Å²) in [6.45, 7) is 0. The first-order valence-corrected chi connectivity index (χ1v) is 14.5. The van der Waals surface area contributed by atoms with E-state index in [1.54, 1.807) is 0 Å². The molecule has 0 radical (unpaired) electrons. The first-order valence-electron chi connectivity index (χ1n) is 14.5. The van der Waals surface area contributed by atoms with Gasteiger partial charge in [-0.15, -0.1) is 0 Å². The Bertz CT molecular complexity index is 2470. The number of nitrogens with zero attached hydrogens (tertiary/aromatic N) is 1. The molecule has 2 heterocycles. The van der Waals surface area contributed by atoms with Crippen LogP contribution in [-0.2, 0) is 0 Å². The van der Waals surface area contributed by atoms with E-state index in [1.165, 1.54) is 10.8 Å². The lowest BCUT2D eigenvalue weighted by Crippen LogP contribution is -2.11. The Hall–Kier alpha value is -5.80. The Morgan fingerprint density at radius 3 is 1.86 bits per heavy atom. The van der Waals surface area contributed by atoms with Gasteiger partial charge in [0, 0.05) is 44.5 Å². The fourth-order valence-electron chi connectivity index (χ4n) is 6.40. The van der Waals surface area contributed by atoms with E-state index in [0.717, 1.165) is 72.1 Å². The number of hydrogen-bond acceptors (Lipinski definition) is 3. The van der Waals surface area contributed by atoms with Gasteiger partial charge < -0.3 is 13.7 Å². The maximum absolute atomic E-state index is 6.36. The minimum absolute atomic E-state index is 0.863. The second kappa shape index (κ2) is 9.37. The molecule has 0 saturated heterocycles. The molecule has 0 aliphatic rings. The fraction of sp³-hybridized carbons (Fsp3) is 0. The van der Waals surface area contributed by atoms with Crippen molar-refractivity contribution in [1.82, 2.24) is 0 Å². The highest BCUT2D eigenvalue weighted by molar-refractivity contribution is 6.11. The molecule has 0 amide bonds. The largest absolute Gasteiger partial charge is 0.456 e. The summed E-state index contributed by atoms with van der Waals surface area (Å²) in [4.78, 5) is 2.33. The van der Waals surface area contributed by atoms with Crippen molar-refractivity contribution in [2.75, 3.05) is 4.90 Å². The van der Waals surface area contributed by atoms with E-state index >= 15 is 0 Å². The second-order valence-corrected chi connectivity index (χ2v) is 11.0. The number of rotatable bonds is 4. The molecular formula is C40H25NO2. The van der Waals surface area contributed by atoms with Crippen molar-refractivity contribution in [3.05, 3.63) is 152 Å². The van der Waals surface area contributed by atoms with Crippen molar-refractivity contribution in [1.29, 1.82) is 0 Å². The summed E-state index contributed by atoms with van der Waals surface area (Å²) in [6.07, 6.45) is 0. The minimum Gasteiger partial charge on any atom is -0.456 e. The number of anilines is 3. The molecule has 0 bridgehead atoms. The van der Waals surface area contributed by atoms with E-state index in [0.29, 0.717) is 0 Å². The first-order chi connectivity index (χ1) is 21.3. The van der Waals surface area contributed by atoms with E-state index < -0.39 is 0 Å². The van der Waals surface area contributed by atoms with Gasteiger partial charge in [0.2, 0.25) is 0 Å². The predicted octanol–water partition coefficient (Wildman–Crippen LogP) is 11.8. The van der Waals surface area contributed by atoms with Crippen LogP contribution in [0.15, 0.2) is 160 Å². The molecule has 9 rings (SSSR count). The summed E-state index contributed by atoms with van der Waals surface area (Å²) < 4.78 is 12.7. The minimum atomic E-state index is 0.863. The molecular weight excluding hydrogens is 526 g/mol. The van der Waals surface area contributed by atoms with Crippen molar-refractivity contribution in [3.8, 4) is 11.1 Å². The van der Waals surface area contributed by atoms with E-state index in [4.69, 9.17) is 8.83 Å². The van der Waals surface area contributed by atoms with Gasteiger partial charge in [-0.05, 0) is 70.9 Å². The van der Waals surface area contributed by atoms with Gasteiger partial charge in [0.25, 0.3) is 0 Å². The summed E-state index contributed by atoms with van der Waals surface area (Å²) in [5.41, 5.74) is 8.98. The van der Waals surface area contributed by atoms with Gasteiger partial charge in [0.1, 0.15) is 22.3 Å². The lowest BCUT2D eigenvalue weighted by Gasteiger charge is -2.28. The molecule has 0 spiro atoms. The van der Waals surface area contributed by atoms with Crippen LogP contribution in [0.3, 0.4) is 0 Å². The third-order valence-electron chi connectivity index (χ3n) is 8.43. The average molecular weight is 552 g/mol. The maximum atomic E-state index is 6.36. The zero-order valence-electron chi connectivity index (χ0n) is 23.2. The third kappa shape index (κ3) is 3.83. The molecule has 0 N–H and O–H groups in total. The van der Waals surface area contributed by atoms with Gasteiger partial charge in [-0.2, -0.15) is 0 Å². The molecule has 3 heteroatoms. The molecule has 0 unspecified atom stereocenters. The molecule has 43 heavy (non-hydrogen) atoms. The Morgan fingerprint density at radius 1 is 0.372 bits per heavy atom. The summed E-state index contributed by atoms with van der Waals surface area (Å²) in [7, 11) is 0. The Kier molecular flexibility index (Phi) is 5.20. The van der Waals surface area contributed by atoms with E-state index in [-0.39, 0.29) is 0 Å². The molecule has 3 nitrogen and oxygen atoms in total. The van der Waals surface area contributed by atoms with Crippen molar-refractivity contribution < 1.29 is 8.83 Å². The van der Waals surface area contributed by atoms with Gasteiger partial charge in [-0.25, -0.2) is 0 Å². The van der Waals surface area contributed by atoms with Crippen LogP contribution in [0.2, 0.25) is 0 Å². The Balaban J connectivity index is 1.31. The van der Waals surface area contributed by atoms with Crippen LogP contribution in [0.4, 0.5) is 17.1 Å². The van der Waals surface area contributed by atoms with Crippen LogP contribution >= 0.6 is 0 Å². The SMILES string of the molecule is c1ccc(-c2ccccc2N(c2ccc3c(c2)oc2ccccc23)c2ccc3oc4cc5ccccc5cc4c3c2)cc1. The Morgan fingerprint density at radius 2 is 0.977 bits per heavy atom. The molecule has 0 aliphatic carbocycles. The van der Waals surface area contributed by atoms with Gasteiger partial charge in [0.05, 0.1) is 5.69 Å². The highest BCUT2D eigenvalue weighted by atomic mass is 16.3. The average Bonchev–Trinajstić information content (AvgIpc) is 3.61. The number of benzene rings is 7. The zero-order valence-corrected chi connectivity index (χ0v) is 23.2. The van der Waals surface area contributed by atoms with Gasteiger partial charge in [-0.1, -0.05) is 91.0 Å². The normalized spacial score (nSPS) is 11.7. The highest BCUT2D eigenvalue weighted by Crippen LogP contribution is 2.44. The van der Waals surface area contributed by atoms with Crippen LogP contribution in [0.5, 0.6) is 0 Å². The van der Waals surface area contributed by atoms with E-state index in [2.05, 4.69) is 144 Å². The van der Waals surface area contributed by atoms with Crippen LogP contribution in [0, 0.1) is 0 Å². The standard InChI is InChI=1S/C40H25NO2/c1-2-10-26(11-3-1)31-14-6-8-16-36(31)41(30-18-20-33-32-15-7-9-17-37(32)42-40(33)25-30)29-19-21-38-35(24-29)34-22-27-12-4-5-13-28(27)23-39(34)43-38/h1-25H.